The van der Waals surface area contributed by atoms with Crippen molar-refractivity contribution in [3.8, 4) is 5.69 Å². The number of aromatic nitrogens is 3. The molecular weight excluding hydrogens is 369 g/mol. The second-order valence-corrected chi connectivity index (χ2v) is 7.26. The molecule has 3 rings (SSSR count). The van der Waals surface area contributed by atoms with Crippen LogP contribution in [-0.2, 0) is 0 Å². The van der Waals surface area contributed by atoms with Gasteiger partial charge in [-0.1, -0.05) is 19.9 Å². The number of halogens is 2. The maximum atomic E-state index is 13.6. The largest absolute Gasteiger partial charge is 0.331 e. The lowest BCUT2D eigenvalue weighted by atomic mass is 9.97. The minimum atomic E-state index is -0.353. The number of benzene rings is 1. The van der Waals surface area contributed by atoms with Crippen molar-refractivity contribution >= 4 is 18.3 Å². The van der Waals surface area contributed by atoms with Crippen LogP contribution in [0, 0.1) is 5.82 Å². The molecule has 0 radical (unpaired) electrons. The third kappa shape index (κ3) is 4.47. The summed E-state index contributed by atoms with van der Waals surface area (Å²) < 4.78 is 15.2. The van der Waals surface area contributed by atoms with E-state index in [1.807, 2.05) is 20.8 Å². The average molecular weight is 396 g/mol. The van der Waals surface area contributed by atoms with Gasteiger partial charge in [0, 0.05) is 24.5 Å². The molecule has 2 N–H and O–H groups in total. The highest BCUT2D eigenvalue weighted by Gasteiger charge is 2.32. The Morgan fingerprint density at radius 2 is 2.04 bits per heavy atom. The molecule has 8 heteroatoms. The van der Waals surface area contributed by atoms with Gasteiger partial charge in [-0.05, 0) is 44.4 Å². The zero-order valence-corrected chi connectivity index (χ0v) is 16.7. The van der Waals surface area contributed by atoms with Gasteiger partial charge in [0.25, 0.3) is 5.91 Å². The quantitative estimate of drug-likeness (QED) is 0.861. The molecule has 1 aliphatic rings. The van der Waals surface area contributed by atoms with Crippen molar-refractivity contribution in [3.63, 3.8) is 0 Å². The number of likely N-dealkylation sites (tertiary alicyclic amines) is 1. The van der Waals surface area contributed by atoms with Crippen molar-refractivity contribution < 1.29 is 9.18 Å². The first-order valence-corrected chi connectivity index (χ1v) is 9.18. The molecule has 1 fully saturated rings. The van der Waals surface area contributed by atoms with E-state index in [-0.39, 0.29) is 48.0 Å². The van der Waals surface area contributed by atoms with E-state index in [4.69, 9.17) is 5.73 Å². The van der Waals surface area contributed by atoms with E-state index in [1.165, 1.54) is 12.1 Å². The SMILES string of the molecule is CC(C)c1nc(C(=O)N2CCCCC2C(C)N)nn1-c1cccc(F)c1.Cl. The fraction of sp³-hybridized carbons (Fsp3) is 0.526. The van der Waals surface area contributed by atoms with Crippen LogP contribution in [0.2, 0.25) is 0 Å². The molecule has 0 bridgehead atoms. The van der Waals surface area contributed by atoms with Gasteiger partial charge in [-0.2, -0.15) is 0 Å². The Balaban J connectivity index is 0.00000261. The van der Waals surface area contributed by atoms with Crippen molar-refractivity contribution in [1.29, 1.82) is 0 Å². The molecule has 1 aromatic carbocycles. The van der Waals surface area contributed by atoms with Gasteiger partial charge in [-0.3, -0.25) is 4.79 Å². The number of hydrogen-bond acceptors (Lipinski definition) is 4. The van der Waals surface area contributed by atoms with E-state index in [2.05, 4.69) is 10.1 Å². The van der Waals surface area contributed by atoms with Crippen LogP contribution >= 0.6 is 12.4 Å². The standard InChI is InChI=1S/C19H26FN5O.ClH/c1-12(2)18-22-17(23-25(18)15-8-6-7-14(20)11-15)19(26)24-10-5-4-9-16(24)13(3)21;/h6-8,11-13,16H,4-5,9-10,21H2,1-3H3;1H. The van der Waals surface area contributed by atoms with E-state index in [0.717, 1.165) is 19.3 Å². The van der Waals surface area contributed by atoms with Gasteiger partial charge in [0.1, 0.15) is 11.6 Å². The molecule has 148 valence electrons. The molecule has 2 heterocycles. The number of hydrogen-bond donors (Lipinski definition) is 1. The second kappa shape index (κ2) is 8.80. The summed E-state index contributed by atoms with van der Waals surface area (Å²) >= 11 is 0. The summed E-state index contributed by atoms with van der Waals surface area (Å²) in [7, 11) is 0. The Bertz CT molecular complexity index is 792. The van der Waals surface area contributed by atoms with Crippen LogP contribution in [0.1, 0.15) is 62.4 Å². The van der Waals surface area contributed by atoms with E-state index < -0.39 is 0 Å². The van der Waals surface area contributed by atoms with Gasteiger partial charge in [0.2, 0.25) is 5.82 Å². The Morgan fingerprint density at radius 3 is 2.67 bits per heavy atom. The normalized spacial score (nSPS) is 18.3. The van der Waals surface area contributed by atoms with Gasteiger partial charge in [0.15, 0.2) is 0 Å². The highest BCUT2D eigenvalue weighted by molar-refractivity contribution is 5.91. The van der Waals surface area contributed by atoms with Crippen molar-refractivity contribution in [2.75, 3.05) is 6.54 Å². The molecule has 1 aromatic heterocycles. The topological polar surface area (TPSA) is 77.0 Å². The molecule has 0 spiro atoms. The van der Waals surface area contributed by atoms with Crippen molar-refractivity contribution in [2.24, 2.45) is 5.73 Å². The molecule has 1 amide bonds. The van der Waals surface area contributed by atoms with Gasteiger partial charge in [-0.15, -0.1) is 17.5 Å². The monoisotopic (exact) mass is 395 g/mol. The van der Waals surface area contributed by atoms with Crippen LogP contribution in [-0.4, -0.2) is 44.2 Å². The Hall–Kier alpha value is -1.99. The number of nitrogens with zero attached hydrogens (tertiary/aromatic N) is 4. The molecule has 2 unspecified atom stereocenters. The summed E-state index contributed by atoms with van der Waals surface area (Å²) in [5, 5.41) is 4.42. The number of carbonyl (C=O) groups is 1. The first-order valence-electron chi connectivity index (χ1n) is 9.18. The molecule has 0 aliphatic carbocycles. The highest BCUT2D eigenvalue weighted by atomic mass is 35.5. The zero-order valence-electron chi connectivity index (χ0n) is 15.9. The predicted molar refractivity (Wildman–Crippen MR) is 105 cm³/mol. The number of nitrogens with two attached hydrogens (primary N) is 1. The van der Waals surface area contributed by atoms with Gasteiger partial charge < -0.3 is 10.6 Å². The van der Waals surface area contributed by atoms with Crippen LogP contribution in [0.25, 0.3) is 5.69 Å². The molecule has 6 nitrogen and oxygen atoms in total. The average Bonchev–Trinajstić information content (AvgIpc) is 3.07. The predicted octanol–water partition coefficient (Wildman–Crippen LogP) is 3.29. The molecule has 2 atom stereocenters. The Kier molecular flexibility index (Phi) is 6.95. The van der Waals surface area contributed by atoms with Crippen LogP contribution in [0.3, 0.4) is 0 Å². The maximum Gasteiger partial charge on any atom is 0.293 e. The number of amides is 1. The number of carbonyl (C=O) groups excluding carboxylic acids is 1. The molecule has 0 saturated carbocycles. The lowest BCUT2D eigenvalue weighted by molar-refractivity contribution is 0.0571. The van der Waals surface area contributed by atoms with Gasteiger partial charge >= 0.3 is 0 Å². The van der Waals surface area contributed by atoms with Gasteiger partial charge in [-0.25, -0.2) is 14.1 Å². The molecule has 1 saturated heterocycles. The minimum absolute atomic E-state index is 0. The Labute approximate surface area is 165 Å². The van der Waals surface area contributed by atoms with Crippen LogP contribution in [0.5, 0.6) is 0 Å². The molecule has 2 aromatic rings. The lowest BCUT2D eigenvalue weighted by Crippen LogP contribution is -2.51. The smallest absolute Gasteiger partial charge is 0.293 e. The fourth-order valence-corrected chi connectivity index (χ4v) is 3.47. The fourth-order valence-electron chi connectivity index (χ4n) is 3.47. The zero-order chi connectivity index (χ0) is 18.8. The van der Waals surface area contributed by atoms with Crippen LogP contribution < -0.4 is 5.73 Å². The lowest BCUT2D eigenvalue weighted by Gasteiger charge is -2.37. The van der Waals surface area contributed by atoms with Crippen LogP contribution in [0.15, 0.2) is 24.3 Å². The number of rotatable bonds is 4. The van der Waals surface area contributed by atoms with E-state index >= 15 is 0 Å². The summed E-state index contributed by atoms with van der Waals surface area (Å²) in [6.45, 7) is 6.53. The summed E-state index contributed by atoms with van der Waals surface area (Å²) in [5.74, 6) is 0.259. The summed E-state index contributed by atoms with van der Waals surface area (Å²) in [4.78, 5) is 19.3. The van der Waals surface area contributed by atoms with Gasteiger partial charge in [0.05, 0.1) is 5.69 Å². The summed E-state index contributed by atoms with van der Waals surface area (Å²) in [6, 6.07) is 6.04. The number of piperidine rings is 1. The van der Waals surface area contributed by atoms with E-state index in [9.17, 15) is 9.18 Å². The first-order chi connectivity index (χ1) is 12.4. The van der Waals surface area contributed by atoms with E-state index in [1.54, 1.807) is 21.7 Å². The van der Waals surface area contributed by atoms with Crippen molar-refractivity contribution in [2.45, 2.75) is 58.0 Å². The van der Waals surface area contributed by atoms with Crippen molar-refractivity contribution in [3.05, 3.63) is 41.7 Å². The first kappa shape index (κ1) is 21.3. The minimum Gasteiger partial charge on any atom is -0.331 e. The third-order valence-electron chi connectivity index (χ3n) is 4.81. The van der Waals surface area contributed by atoms with E-state index in [0.29, 0.717) is 18.1 Å². The summed E-state index contributed by atoms with van der Waals surface area (Å²) in [5.41, 5.74) is 6.64. The third-order valence-corrected chi connectivity index (χ3v) is 4.81. The van der Waals surface area contributed by atoms with Crippen LogP contribution in [0.4, 0.5) is 4.39 Å². The highest BCUT2D eigenvalue weighted by Crippen LogP contribution is 2.23. The van der Waals surface area contributed by atoms with Crippen molar-refractivity contribution in [1.82, 2.24) is 19.7 Å². The molecule has 1 aliphatic heterocycles. The Morgan fingerprint density at radius 1 is 1.30 bits per heavy atom. The summed E-state index contributed by atoms with van der Waals surface area (Å²) in [6.07, 6.45) is 2.92. The molecular formula is C19H27ClFN5O. The maximum absolute atomic E-state index is 13.6. The second-order valence-electron chi connectivity index (χ2n) is 7.26. The molecule has 27 heavy (non-hydrogen) atoms.